The minimum atomic E-state index is -0.450. The van der Waals surface area contributed by atoms with E-state index in [0.717, 1.165) is 31.4 Å². The van der Waals surface area contributed by atoms with Crippen molar-refractivity contribution in [1.82, 2.24) is 25.1 Å². The maximum absolute atomic E-state index is 13.6. The van der Waals surface area contributed by atoms with Crippen LogP contribution in [0, 0.1) is 5.82 Å². The molecule has 1 saturated carbocycles. The lowest BCUT2D eigenvalue weighted by atomic mass is 10.0. The molecule has 6 rings (SSSR count). The Morgan fingerprint density at radius 2 is 1.78 bits per heavy atom. The number of benzene rings is 3. The fourth-order valence-corrected chi connectivity index (χ4v) is 5.18. The lowest BCUT2D eigenvalue weighted by molar-refractivity contribution is 0.102. The molecular formula is C31H27FN6O3. The molecule has 10 heteroatoms. The number of aromatic nitrogens is 4. The second-order valence-electron chi connectivity index (χ2n) is 10.1. The van der Waals surface area contributed by atoms with Crippen LogP contribution in [0.3, 0.4) is 0 Å². The van der Waals surface area contributed by atoms with Gasteiger partial charge in [-0.05, 0) is 66.9 Å². The van der Waals surface area contributed by atoms with E-state index in [1.54, 1.807) is 30.3 Å². The first kappa shape index (κ1) is 26.1. The first-order valence-corrected chi connectivity index (χ1v) is 13.4. The van der Waals surface area contributed by atoms with Crippen LogP contribution in [0.5, 0.6) is 5.75 Å². The molecular weight excluding hydrogens is 523 g/mol. The van der Waals surface area contributed by atoms with E-state index in [1.165, 1.54) is 29.1 Å². The zero-order valence-electron chi connectivity index (χ0n) is 22.0. The van der Waals surface area contributed by atoms with E-state index < -0.39 is 11.9 Å². The van der Waals surface area contributed by atoms with Crippen LogP contribution in [-0.4, -0.2) is 36.8 Å². The zero-order valence-corrected chi connectivity index (χ0v) is 22.0. The summed E-state index contributed by atoms with van der Waals surface area (Å²) >= 11 is 0. The number of anilines is 1. The average Bonchev–Trinajstić information content (AvgIpc) is 3.67. The largest absolute Gasteiger partial charge is 0.507 e. The normalized spacial score (nSPS) is 13.4. The number of rotatable bonds is 6. The van der Waals surface area contributed by atoms with Crippen molar-refractivity contribution in [2.45, 2.75) is 38.1 Å². The van der Waals surface area contributed by atoms with Crippen molar-refractivity contribution >= 4 is 28.7 Å². The summed E-state index contributed by atoms with van der Waals surface area (Å²) in [6.45, 7) is 0.139. The van der Waals surface area contributed by atoms with Crippen LogP contribution in [0.15, 0.2) is 79.0 Å². The van der Waals surface area contributed by atoms with Crippen molar-refractivity contribution in [3.8, 4) is 17.0 Å². The Morgan fingerprint density at radius 3 is 2.59 bits per heavy atom. The number of halogens is 1. The molecule has 3 aromatic carbocycles. The van der Waals surface area contributed by atoms with Crippen LogP contribution in [0.25, 0.3) is 22.3 Å². The fourth-order valence-electron chi connectivity index (χ4n) is 5.18. The summed E-state index contributed by atoms with van der Waals surface area (Å²) in [4.78, 5) is 34.9. The minimum absolute atomic E-state index is 0.0451. The molecule has 0 atom stereocenters. The maximum Gasteiger partial charge on any atom is 0.342 e. The summed E-state index contributed by atoms with van der Waals surface area (Å²) in [5.74, 6) is -0.724. The van der Waals surface area contributed by atoms with Crippen LogP contribution in [-0.2, 0) is 6.54 Å². The molecule has 0 bridgehead atoms. The quantitative estimate of drug-likeness (QED) is 0.223. The number of carbonyl (C=O) groups is 2. The van der Waals surface area contributed by atoms with Gasteiger partial charge in [-0.3, -0.25) is 9.78 Å². The van der Waals surface area contributed by atoms with Crippen molar-refractivity contribution in [1.29, 1.82) is 0 Å². The second kappa shape index (κ2) is 11.2. The highest BCUT2D eigenvalue weighted by Gasteiger charge is 2.26. The molecule has 1 fully saturated rings. The number of hydrogen-bond acceptors (Lipinski definition) is 6. The van der Waals surface area contributed by atoms with Crippen LogP contribution < -0.4 is 10.6 Å². The summed E-state index contributed by atoms with van der Waals surface area (Å²) in [6, 6.07) is 19.3. The number of carbonyl (C=O) groups excluding carboxylic acids is 2. The van der Waals surface area contributed by atoms with E-state index in [4.69, 9.17) is 0 Å². The molecule has 1 aliphatic rings. The van der Waals surface area contributed by atoms with Gasteiger partial charge in [-0.25, -0.2) is 14.2 Å². The van der Waals surface area contributed by atoms with E-state index in [2.05, 4.69) is 25.7 Å². The van der Waals surface area contributed by atoms with Gasteiger partial charge >= 0.3 is 6.03 Å². The summed E-state index contributed by atoms with van der Waals surface area (Å²) in [7, 11) is 0. The van der Waals surface area contributed by atoms with Crippen molar-refractivity contribution in [3.63, 3.8) is 0 Å². The maximum atomic E-state index is 13.6. The monoisotopic (exact) mass is 550 g/mol. The fraction of sp³-hybridized carbons (Fsp3) is 0.194. The summed E-state index contributed by atoms with van der Waals surface area (Å²) in [6.07, 6.45) is 5.38. The van der Waals surface area contributed by atoms with Crippen molar-refractivity contribution in [3.05, 3.63) is 102 Å². The molecule has 0 saturated heterocycles. The third-order valence-electron chi connectivity index (χ3n) is 7.25. The third-order valence-corrected chi connectivity index (χ3v) is 7.25. The SMILES string of the molecule is O=C(Nc1ccc(O)c(-c2cc(C3CCCC3)n(C(=O)NCc3cccc(F)c3)n2)c1)c1cnc2ccccc2n1. The first-order valence-electron chi connectivity index (χ1n) is 13.4. The zero-order chi connectivity index (χ0) is 28.3. The highest BCUT2D eigenvalue weighted by molar-refractivity contribution is 6.04. The van der Waals surface area contributed by atoms with Gasteiger partial charge in [0.2, 0.25) is 0 Å². The predicted molar refractivity (Wildman–Crippen MR) is 152 cm³/mol. The van der Waals surface area contributed by atoms with Gasteiger partial charge in [-0.1, -0.05) is 37.1 Å². The number of amides is 2. The van der Waals surface area contributed by atoms with E-state index in [-0.39, 0.29) is 29.7 Å². The Balaban J connectivity index is 1.27. The molecule has 0 unspecified atom stereocenters. The average molecular weight is 551 g/mol. The lowest BCUT2D eigenvalue weighted by Crippen LogP contribution is -2.30. The number of aromatic hydroxyl groups is 1. The van der Waals surface area contributed by atoms with Crippen LogP contribution in [0.4, 0.5) is 14.9 Å². The molecule has 0 spiro atoms. The van der Waals surface area contributed by atoms with Crippen LogP contribution in [0.1, 0.15) is 53.3 Å². The molecule has 9 nitrogen and oxygen atoms in total. The number of hydrogen-bond donors (Lipinski definition) is 3. The minimum Gasteiger partial charge on any atom is -0.507 e. The molecule has 2 heterocycles. The van der Waals surface area contributed by atoms with Crippen molar-refractivity contribution < 1.29 is 19.1 Å². The molecule has 3 N–H and O–H groups in total. The smallest absolute Gasteiger partial charge is 0.342 e. The first-order chi connectivity index (χ1) is 19.9. The van der Waals surface area contributed by atoms with Gasteiger partial charge in [0.25, 0.3) is 5.91 Å². The second-order valence-corrected chi connectivity index (χ2v) is 10.1. The van der Waals surface area contributed by atoms with Gasteiger partial charge in [-0.2, -0.15) is 9.78 Å². The van der Waals surface area contributed by atoms with Gasteiger partial charge in [0.1, 0.15) is 17.3 Å². The predicted octanol–water partition coefficient (Wildman–Crippen LogP) is 6.01. The molecule has 5 aromatic rings. The Morgan fingerprint density at radius 1 is 0.976 bits per heavy atom. The number of fused-ring (bicyclic) bond motifs is 1. The third kappa shape index (κ3) is 5.62. The van der Waals surface area contributed by atoms with Gasteiger partial charge in [0.05, 0.1) is 28.6 Å². The van der Waals surface area contributed by atoms with Gasteiger partial charge < -0.3 is 15.7 Å². The summed E-state index contributed by atoms with van der Waals surface area (Å²) < 4.78 is 14.9. The number of nitrogens with one attached hydrogen (secondary N) is 2. The number of phenols is 1. The standard InChI is InChI=1S/C31H27FN6O3/c32-21-9-5-6-19(14-21)17-34-31(41)38-28(20-7-1-2-8-20)16-26(37-38)23-15-22(12-13-29(23)39)35-30(40)27-18-33-24-10-3-4-11-25(24)36-27/h3-6,9-16,18,20,39H,1-2,7-8,17H2,(H,34,41)(H,35,40). The van der Waals surface area contributed by atoms with E-state index in [0.29, 0.717) is 33.5 Å². The van der Waals surface area contributed by atoms with Gasteiger partial charge in [0.15, 0.2) is 0 Å². The molecule has 2 aromatic heterocycles. The molecule has 2 amide bonds. The Hall–Kier alpha value is -5.12. The number of para-hydroxylation sites is 2. The van der Waals surface area contributed by atoms with Gasteiger partial charge in [-0.15, -0.1) is 0 Å². The van der Waals surface area contributed by atoms with E-state index in [1.807, 2.05) is 24.3 Å². The molecule has 41 heavy (non-hydrogen) atoms. The van der Waals surface area contributed by atoms with Crippen LogP contribution in [0.2, 0.25) is 0 Å². The molecule has 1 aliphatic carbocycles. The molecule has 206 valence electrons. The van der Waals surface area contributed by atoms with Crippen molar-refractivity contribution in [2.24, 2.45) is 0 Å². The number of nitrogens with zero attached hydrogens (tertiary/aromatic N) is 4. The Kier molecular flexibility index (Phi) is 7.11. The topological polar surface area (TPSA) is 122 Å². The highest BCUT2D eigenvalue weighted by atomic mass is 19.1. The Labute approximate surface area is 235 Å². The molecule has 0 aliphatic heterocycles. The lowest BCUT2D eigenvalue weighted by Gasteiger charge is -2.12. The van der Waals surface area contributed by atoms with Gasteiger partial charge in [0, 0.05) is 23.7 Å². The summed E-state index contributed by atoms with van der Waals surface area (Å²) in [5.41, 5.74) is 4.00. The van der Waals surface area contributed by atoms with E-state index >= 15 is 0 Å². The van der Waals surface area contributed by atoms with Crippen LogP contribution >= 0.6 is 0 Å². The van der Waals surface area contributed by atoms with Crippen molar-refractivity contribution in [2.75, 3.05) is 5.32 Å². The summed E-state index contributed by atoms with van der Waals surface area (Å²) in [5, 5.41) is 20.9. The Bertz CT molecular complexity index is 1760. The molecule has 0 radical (unpaired) electrons. The number of phenolic OH excluding ortho intramolecular Hbond substituents is 1. The highest BCUT2D eigenvalue weighted by Crippen LogP contribution is 2.38. The van der Waals surface area contributed by atoms with E-state index in [9.17, 15) is 19.1 Å².